The normalized spacial score (nSPS) is 12.2. The Bertz CT molecular complexity index is 1310. The Morgan fingerprint density at radius 1 is 0.914 bits per heavy atom. The second-order valence-corrected chi connectivity index (χ2v) is 10.1. The van der Waals surface area contributed by atoms with Crippen LogP contribution in [-0.4, -0.2) is 22.8 Å². The third kappa shape index (κ3) is 5.25. The summed E-state index contributed by atoms with van der Waals surface area (Å²) in [4.78, 5) is 33.2. The Balaban J connectivity index is 1.74. The van der Waals surface area contributed by atoms with Crippen LogP contribution in [0.2, 0.25) is 0 Å². The molecule has 1 atom stereocenters. The van der Waals surface area contributed by atoms with Gasteiger partial charge >= 0.3 is 0 Å². The lowest BCUT2D eigenvalue weighted by Gasteiger charge is -2.28. The number of benzene rings is 3. The molecule has 0 spiro atoms. The van der Waals surface area contributed by atoms with E-state index in [4.69, 9.17) is 4.98 Å². The van der Waals surface area contributed by atoms with Crippen molar-refractivity contribution in [3.63, 3.8) is 0 Å². The third-order valence-corrected chi connectivity index (χ3v) is 6.87. The van der Waals surface area contributed by atoms with Gasteiger partial charge in [0.05, 0.1) is 21.5 Å². The Labute approximate surface area is 208 Å². The Hall–Kier alpha value is -3.58. The molecular weight excluding hydrogens is 461 g/mol. The molecule has 4 rings (SSSR count). The molecule has 0 bridgehead atoms. The molecule has 1 N–H and O–H groups in total. The van der Waals surface area contributed by atoms with Gasteiger partial charge in [-0.05, 0) is 53.8 Å². The van der Waals surface area contributed by atoms with Crippen LogP contribution in [0.4, 0.5) is 15.2 Å². The first-order valence-electron chi connectivity index (χ1n) is 11.6. The van der Waals surface area contributed by atoms with Crippen molar-refractivity contribution in [2.24, 2.45) is 5.92 Å². The van der Waals surface area contributed by atoms with Gasteiger partial charge in [-0.1, -0.05) is 75.4 Å². The number of rotatable bonds is 7. The monoisotopic (exact) mass is 489 g/mol. The first-order chi connectivity index (χ1) is 16.8. The summed E-state index contributed by atoms with van der Waals surface area (Å²) in [5.74, 6) is -1.49. The van der Waals surface area contributed by atoms with E-state index < -0.39 is 17.8 Å². The van der Waals surface area contributed by atoms with Gasteiger partial charge in [-0.3, -0.25) is 14.5 Å². The number of carbonyl (C=O) groups excluding carboxylic acids is 2. The number of aromatic nitrogens is 1. The summed E-state index contributed by atoms with van der Waals surface area (Å²) in [6.07, 6.45) is 0. The molecule has 0 fully saturated rings. The lowest BCUT2D eigenvalue weighted by Crippen LogP contribution is -2.50. The summed E-state index contributed by atoms with van der Waals surface area (Å²) < 4.78 is 15.2. The molecule has 5 nitrogen and oxygen atoms in total. The molecule has 0 aliphatic carbocycles. The van der Waals surface area contributed by atoms with Crippen LogP contribution in [0, 0.1) is 11.7 Å². The van der Waals surface area contributed by atoms with Crippen LogP contribution in [-0.2, 0) is 4.79 Å². The van der Waals surface area contributed by atoms with E-state index >= 15 is 0 Å². The predicted octanol–water partition coefficient (Wildman–Crippen LogP) is 6.68. The Kier molecular flexibility index (Phi) is 7.26. The first-order valence-corrected chi connectivity index (χ1v) is 12.4. The van der Waals surface area contributed by atoms with Crippen molar-refractivity contribution < 1.29 is 14.0 Å². The minimum atomic E-state index is -0.890. The fraction of sp³-hybridized carbons (Fsp3) is 0.250. The second-order valence-electron chi connectivity index (χ2n) is 9.06. The molecular formula is C28H28FN3O2S. The lowest BCUT2D eigenvalue weighted by atomic mass is 10.0. The van der Waals surface area contributed by atoms with Crippen molar-refractivity contribution >= 4 is 44.2 Å². The second kappa shape index (κ2) is 10.4. The van der Waals surface area contributed by atoms with Crippen molar-refractivity contribution in [2.45, 2.75) is 39.7 Å². The standard InChI is InChI=1S/C28H28FN3O2S/c1-17(2)19-13-15-20(16-14-19)32(28-30-23-11-7-8-12-24(23)35-28)27(34)25(18(3)4)31-26(33)21-9-5-6-10-22(21)29/h5-18,25H,1-4H3,(H,31,33)/t25-/m1/s1. The van der Waals surface area contributed by atoms with Crippen LogP contribution in [0.5, 0.6) is 0 Å². The molecule has 1 aromatic heterocycles. The third-order valence-electron chi connectivity index (χ3n) is 5.85. The highest BCUT2D eigenvalue weighted by atomic mass is 32.1. The van der Waals surface area contributed by atoms with Gasteiger partial charge in [-0.25, -0.2) is 9.37 Å². The number of hydrogen-bond acceptors (Lipinski definition) is 4. The summed E-state index contributed by atoms with van der Waals surface area (Å²) in [5.41, 5.74) is 2.50. The number of para-hydroxylation sites is 1. The number of nitrogens with zero attached hydrogens (tertiary/aromatic N) is 2. The van der Waals surface area contributed by atoms with Crippen molar-refractivity contribution in [2.75, 3.05) is 4.90 Å². The van der Waals surface area contributed by atoms with Crippen molar-refractivity contribution in [3.05, 3.63) is 89.7 Å². The molecule has 180 valence electrons. The maximum Gasteiger partial charge on any atom is 0.256 e. The van der Waals surface area contributed by atoms with Gasteiger partial charge in [0.25, 0.3) is 11.8 Å². The number of thiazole rings is 1. The van der Waals surface area contributed by atoms with Gasteiger partial charge in [-0.2, -0.15) is 0 Å². The van der Waals surface area contributed by atoms with Crippen LogP contribution in [0.1, 0.15) is 49.5 Å². The molecule has 0 aliphatic heterocycles. The number of hydrogen-bond donors (Lipinski definition) is 1. The highest BCUT2D eigenvalue weighted by Gasteiger charge is 2.33. The molecule has 0 unspecified atom stereocenters. The number of halogens is 1. The SMILES string of the molecule is CC(C)c1ccc(N(C(=O)[C@H](NC(=O)c2ccccc2F)C(C)C)c2nc3ccccc3s2)cc1. The van der Waals surface area contributed by atoms with Gasteiger partial charge in [0.15, 0.2) is 5.13 Å². The highest BCUT2D eigenvalue weighted by molar-refractivity contribution is 7.22. The zero-order valence-electron chi connectivity index (χ0n) is 20.2. The molecule has 0 saturated carbocycles. The number of carbonyl (C=O) groups is 2. The Morgan fingerprint density at radius 3 is 2.20 bits per heavy atom. The molecule has 3 aromatic carbocycles. The van der Waals surface area contributed by atoms with Crippen LogP contribution < -0.4 is 10.2 Å². The molecule has 0 aliphatic rings. The largest absolute Gasteiger partial charge is 0.340 e. The summed E-state index contributed by atoms with van der Waals surface area (Å²) >= 11 is 1.41. The lowest BCUT2D eigenvalue weighted by molar-refractivity contribution is -0.120. The van der Waals surface area contributed by atoms with E-state index in [1.54, 1.807) is 11.0 Å². The van der Waals surface area contributed by atoms with Crippen LogP contribution >= 0.6 is 11.3 Å². The summed E-state index contributed by atoms with van der Waals surface area (Å²) in [6, 6.07) is 20.3. The van der Waals surface area contributed by atoms with Gasteiger partial charge < -0.3 is 5.32 Å². The summed E-state index contributed by atoms with van der Waals surface area (Å²) in [7, 11) is 0. The predicted molar refractivity (Wildman–Crippen MR) is 140 cm³/mol. The molecule has 4 aromatic rings. The van der Waals surface area contributed by atoms with E-state index in [0.29, 0.717) is 16.7 Å². The minimum absolute atomic E-state index is 0.0984. The van der Waals surface area contributed by atoms with Gasteiger partial charge in [-0.15, -0.1) is 0 Å². The van der Waals surface area contributed by atoms with Crippen molar-refractivity contribution in [3.8, 4) is 0 Å². The van der Waals surface area contributed by atoms with E-state index in [0.717, 1.165) is 15.8 Å². The van der Waals surface area contributed by atoms with E-state index in [9.17, 15) is 14.0 Å². The minimum Gasteiger partial charge on any atom is -0.340 e. The zero-order valence-corrected chi connectivity index (χ0v) is 21.0. The number of nitrogens with one attached hydrogen (secondary N) is 1. The van der Waals surface area contributed by atoms with E-state index in [2.05, 4.69) is 19.2 Å². The van der Waals surface area contributed by atoms with Gasteiger partial charge in [0.2, 0.25) is 0 Å². The zero-order chi connectivity index (χ0) is 25.1. The number of anilines is 2. The van der Waals surface area contributed by atoms with Gasteiger partial charge in [0, 0.05) is 0 Å². The molecule has 0 saturated heterocycles. The average molecular weight is 490 g/mol. The topological polar surface area (TPSA) is 62.3 Å². The van der Waals surface area contributed by atoms with Crippen molar-refractivity contribution in [1.82, 2.24) is 10.3 Å². The van der Waals surface area contributed by atoms with Crippen LogP contribution in [0.25, 0.3) is 10.2 Å². The van der Waals surface area contributed by atoms with Gasteiger partial charge in [0.1, 0.15) is 11.9 Å². The smallest absolute Gasteiger partial charge is 0.256 e. The maximum absolute atomic E-state index is 14.2. The highest BCUT2D eigenvalue weighted by Crippen LogP contribution is 2.35. The molecule has 1 heterocycles. The summed E-state index contributed by atoms with van der Waals surface area (Å²) in [5, 5.41) is 3.28. The van der Waals surface area contributed by atoms with Crippen LogP contribution in [0.3, 0.4) is 0 Å². The number of amides is 2. The van der Waals surface area contributed by atoms with Crippen molar-refractivity contribution in [1.29, 1.82) is 0 Å². The Morgan fingerprint density at radius 2 is 1.57 bits per heavy atom. The molecule has 2 amide bonds. The quantitative estimate of drug-likeness (QED) is 0.315. The fourth-order valence-corrected chi connectivity index (χ4v) is 4.81. The molecule has 7 heteroatoms. The molecule has 35 heavy (non-hydrogen) atoms. The maximum atomic E-state index is 14.2. The fourth-order valence-electron chi connectivity index (χ4n) is 3.81. The van der Waals surface area contributed by atoms with E-state index in [1.165, 1.54) is 29.5 Å². The average Bonchev–Trinajstić information content (AvgIpc) is 3.26. The van der Waals surface area contributed by atoms with Crippen LogP contribution in [0.15, 0.2) is 72.8 Å². The molecule has 0 radical (unpaired) electrons. The van der Waals surface area contributed by atoms with E-state index in [-0.39, 0.29) is 17.4 Å². The first kappa shape index (κ1) is 24.5. The summed E-state index contributed by atoms with van der Waals surface area (Å²) in [6.45, 7) is 7.92. The number of fused-ring (bicyclic) bond motifs is 1. The van der Waals surface area contributed by atoms with E-state index in [1.807, 2.05) is 62.4 Å².